The maximum absolute atomic E-state index is 8.70. The first-order valence-electron chi connectivity index (χ1n) is 4.18. The number of ether oxygens (including phenoxy) is 1. The van der Waals surface area contributed by atoms with E-state index in [4.69, 9.17) is 10.00 Å². The van der Waals surface area contributed by atoms with Crippen molar-refractivity contribution < 1.29 is 4.74 Å². The maximum Gasteiger partial charge on any atom is 0.145 e. The highest BCUT2D eigenvalue weighted by Crippen LogP contribution is 2.23. The van der Waals surface area contributed by atoms with Gasteiger partial charge in [-0.1, -0.05) is 12.1 Å². The molecule has 3 heteroatoms. The first-order chi connectivity index (χ1) is 6.85. The van der Waals surface area contributed by atoms with Crippen LogP contribution >= 0.6 is 0 Å². The van der Waals surface area contributed by atoms with Crippen molar-refractivity contribution in [3.8, 4) is 11.8 Å². The van der Waals surface area contributed by atoms with Gasteiger partial charge in [-0.15, -0.1) is 0 Å². The van der Waals surface area contributed by atoms with Crippen LogP contribution in [0.3, 0.4) is 0 Å². The van der Waals surface area contributed by atoms with E-state index < -0.39 is 0 Å². The molecule has 0 saturated heterocycles. The Morgan fingerprint density at radius 3 is 3.00 bits per heavy atom. The summed E-state index contributed by atoms with van der Waals surface area (Å²) >= 11 is 0. The molecule has 0 atom stereocenters. The lowest BCUT2D eigenvalue weighted by atomic mass is 10.1. The molecular weight excluding hydrogens is 176 g/mol. The molecule has 14 heavy (non-hydrogen) atoms. The van der Waals surface area contributed by atoms with Crippen LogP contribution in [-0.4, -0.2) is 12.1 Å². The number of benzene rings is 1. The van der Waals surface area contributed by atoms with Crippen LogP contribution in [0, 0.1) is 11.3 Å². The number of nitrogens with zero attached hydrogens (tertiary/aromatic N) is 2. The number of fused-ring (bicyclic) bond motifs is 1. The average molecular weight is 184 g/mol. The van der Waals surface area contributed by atoms with Gasteiger partial charge in [0, 0.05) is 11.6 Å². The lowest BCUT2D eigenvalue weighted by Gasteiger charge is -2.03. The minimum absolute atomic E-state index is 0.561. The molecule has 68 valence electrons. The van der Waals surface area contributed by atoms with Gasteiger partial charge in [0.05, 0.1) is 12.7 Å². The quantitative estimate of drug-likeness (QED) is 0.681. The Hall–Kier alpha value is -2.08. The third kappa shape index (κ3) is 1.27. The fraction of sp³-hybridized carbons (Fsp3) is 0.0909. The molecule has 0 saturated carbocycles. The van der Waals surface area contributed by atoms with Crippen LogP contribution in [0.5, 0.6) is 5.75 Å². The van der Waals surface area contributed by atoms with Crippen molar-refractivity contribution in [3.63, 3.8) is 0 Å². The van der Waals surface area contributed by atoms with Crippen LogP contribution in [0.2, 0.25) is 0 Å². The standard InChI is InChI=1S/C11H8N2O/c1-14-10-4-2-3-9-5-8(6-12)7-13-11(9)10/h2-5,7H,1H3. The summed E-state index contributed by atoms with van der Waals surface area (Å²) in [5.41, 5.74) is 1.35. The summed E-state index contributed by atoms with van der Waals surface area (Å²) in [7, 11) is 1.61. The zero-order chi connectivity index (χ0) is 9.97. The minimum Gasteiger partial charge on any atom is -0.494 e. The molecule has 0 amide bonds. The van der Waals surface area contributed by atoms with Gasteiger partial charge in [0.15, 0.2) is 0 Å². The summed E-state index contributed by atoms with van der Waals surface area (Å²) in [6.07, 6.45) is 1.55. The van der Waals surface area contributed by atoms with E-state index in [1.54, 1.807) is 19.4 Å². The van der Waals surface area contributed by atoms with Crippen molar-refractivity contribution in [2.75, 3.05) is 7.11 Å². The highest BCUT2D eigenvalue weighted by molar-refractivity contribution is 5.85. The lowest BCUT2D eigenvalue weighted by Crippen LogP contribution is -1.88. The third-order valence-electron chi connectivity index (χ3n) is 2.02. The normalized spacial score (nSPS) is 9.71. The fourth-order valence-electron chi connectivity index (χ4n) is 1.36. The third-order valence-corrected chi connectivity index (χ3v) is 2.02. The Morgan fingerprint density at radius 1 is 1.43 bits per heavy atom. The van der Waals surface area contributed by atoms with Crippen molar-refractivity contribution in [2.45, 2.75) is 0 Å². The molecule has 1 heterocycles. The molecule has 3 nitrogen and oxygen atoms in total. The monoisotopic (exact) mass is 184 g/mol. The highest BCUT2D eigenvalue weighted by Gasteiger charge is 2.02. The summed E-state index contributed by atoms with van der Waals surface area (Å²) in [4.78, 5) is 4.18. The molecule has 0 aliphatic carbocycles. The van der Waals surface area contributed by atoms with Crippen molar-refractivity contribution in [3.05, 3.63) is 36.0 Å². The molecule has 0 radical (unpaired) electrons. The minimum atomic E-state index is 0.561. The van der Waals surface area contributed by atoms with Gasteiger partial charge in [0.25, 0.3) is 0 Å². The molecule has 0 unspecified atom stereocenters. The van der Waals surface area contributed by atoms with Gasteiger partial charge in [0.2, 0.25) is 0 Å². The summed E-state index contributed by atoms with van der Waals surface area (Å²) in [5.74, 6) is 0.729. The van der Waals surface area contributed by atoms with Crippen LogP contribution < -0.4 is 4.74 Å². The van der Waals surface area contributed by atoms with Crippen LogP contribution in [0.25, 0.3) is 10.9 Å². The van der Waals surface area contributed by atoms with Crippen LogP contribution in [0.1, 0.15) is 5.56 Å². The predicted octanol–water partition coefficient (Wildman–Crippen LogP) is 2.12. The van der Waals surface area contributed by atoms with Gasteiger partial charge in [-0.2, -0.15) is 5.26 Å². The van der Waals surface area contributed by atoms with E-state index in [9.17, 15) is 0 Å². The van der Waals surface area contributed by atoms with Crippen LogP contribution in [-0.2, 0) is 0 Å². The number of methoxy groups -OCH3 is 1. The van der Waals surface area contributed by atoms with Gasteiger partial charge in [-0.3, -0.25) is 4.98 Å². The van der Waals surface area contributed by atoms with E-state index in [1.165, 1.54) is 0 Å². The van der Waals surface area contributed by atoms with E-state index in [-0.39, 0.29) is 0 Å². The SMILES string of the molecule is COc1cccc2cc(C#N)cnc12. The summed E-state index contributed by atoms with van der Waals surface area (Å²) < 4.78 is 5.16. The second kappa shape index (κ2) is 3.35. The molecule has 0 fully saturated rings. The molecule has 0 aliphatic rings. The number of nitriles is 1. The van der Waals surface area contributed by atoms with E-state index in [0.29, 0.717) is 5.56 Å². The number of hydrogen-bond donors (Lipinski definition) is 0. The molecule has 2 rings (SSSR count). The lowest BCUT2D eigenvalue weighted by molar-refractivity contribution is 0.419. The van der Waals surface area contributed by atoms with E-state index in [1.807, 2.05) is 18.2 Å². The van der Waals surface area contributed by atoms with Gasteiger partial charge >= 0.3 is 0 Å². The van der Waals surface area contributed by atoms with Crippen LogP contribution in [0.4, 0.5) is 0 Å². The largest absolute Gasteiger partial charge is 0.494 e. The Bertz CT molecular complexity index is 514. The Balaban J connectivity index is 2.75. The van der Waals surface area contributed by atoms with E-state index >= 15 is 0 Å². The summed E-state index contributed by atoms with van der Waals surface area (Å²) in [6, 6.07) is 9.49. The van der Waals surface area contributed by atoms with Crippen molar-refractivity contribution >= 4 is 10.9 Å². The van der Waals surface area contributed by atoms with Crippen molar-refractivity contribution in [2.24, 2.45) is 0 Å². The zero-order valence-corrected chi connectivity index (χ0v) is 7.69. The maximum atomic E-state index is 8.70. The van der Waals surface area contributed by atoms with E-state index in [0.717, 1.165) is 16.7 Å². The molecule has 2 aromatic rings. The molecule has 1 aromatic heterocycles. The Morgan fingerprint density at radius 2 is 2.29 bits per heavy atom. The number of rotatable bonds is 1. The fourth-order valence-corrected chi connectivity index (χ4v) is 1.36. The molecule has 0 spiro atoms. The topological polar surface area (TPSA) is 45.9 Å². The molecular formula is C11H8N2O. The second-order valence-electron chi connectivity index (χ2n) is 2.87. The number of aromatic nitrogens is 1. The molecule has 0 bridgehead atoms. The second-order valence-corrected chi connectivity index (χ2v) is 2.87. The summed E-state index contributed by atoms with van der Waals surface area (Å²) in [6.45, 7) is 0. The summed E-state index contributed by atoms with van der Waals surface area (Å²) in [5, 5.41) is 9.62. The molecule has 0 N–H and O–H groups in total. The first kappa shape index (κ1) is 8.52. The Labute approximate surface area is 81.6 Å². The smallest absolute Gasteiger partial charge is 0.145 e. The van der Waals surface area contributed by atoms with Crippen molar-refractivity contribution in [1.82, 2.24) is 4.98 Å². The predicted molar refractivity (Wildman–Crippen MR) is 53.0 cm³/mol. The van der Waals surface area contributed by atoms with Gasteiger partial charge in [-0.05, 0) is 12.1 Å². The number of hydrogen-bond acceptors (Lipinski definition) is 3. The van der Waals surface area contributed by atoms with Crippen molar-refractivity contribution in [1.29, 1.82) is 5.26 Å². The van der Waals surface area contributed by atoms with Crippen LogP contribution in [0.15, 0.2) is 30.5 Å². The number of para-hydroxylation sites is 1. The average Bonchev–Trinajstić information content (AvgIpc) is 2.27. The number of pyridine rings is 1. The zero-order valence-electron chi connectivity index (χ0n) is 7.69. The molecule has 0 aliphatic heterocycles. The highest BCUT2D eigenvalue weighted by atomic mass is 16.5. The van der Waals surface area contributed by atoms with Gasteiger partial charge in [0.1, 0.15) is 17.3 Å². The van der Waals surface area contributed by atoms with Gasteiger partial charge < -0.3 is 4.74 Å². The molecule has 1 aromatic carbocycles. The van der Waals surface area contributed by atoms with E-state index in [2.05, 4.69) is 11.1 Å². The Kier molecular flexibility index (Phi) is 2.04. The van der Waals surface area contributed by atoms with Gasteiger partial charge in [-0.25, -0.2) is 0 Å². The first-order valence-corrected chi connectivity index (χ1v) is 4.18.